The highest BCUT2D eigenvalue weighted by Crippen LogP contribution is 2.49. The van der Waals surface area contributed by atoms with Gasteiger partial charge in [0.1, 0.15) is 5.82 Å². The largest absolute Gasteiger partial charge is 0.367 e. The van der Waals surface area contributed by atoms with Crippen LogP contribution in [0.5, 0.6) is 0 Å². The third kappa shape index (κ3) is 2.44. The van der Waals surface area contributed by atoms with Crippen molar-refractivity contribution >= 4 is 11.7 Å². The molecule has 1 aromatic rings. The van der Waals surface area contributed by atoms with Gasteiger partial charge in [-0.3, -0.25) is 4.79 Å². The Balaban J connectivity index is 1.63. The molecule has 19 heavy (non-hydrogen) atoms. The Morgan fingerprint density at radius 3 is 2.79 bits per heavy atom. The maximum atomic E-state index is 11.0. The normalized spacial score (nSPS) is 30.3. The topological polar surface area (TPSA) is 68.0 Å². The minimum absolute atomic E-state index is 0.430. The highest BCUT2D eigenvalue weighted by atomic mass is 16.1. The lowest BCUT2D eigenvalue weighted by molar-refractivity contribution is 0.1000. The maximum Gasteiger partial charge on any atom is 0.250 e. The number of aromatic nitrogens is 1. The molecule has 4 atom stereocenters. The van der Waals surface area contributed by atoms with Crippen molar-refractivity contribution in [3.05, 3.63) is 23.9 Å². The number of nitrogens with zero attached hydrogens (tertiary/aromatic N) is 1. The highest BCUT2D eigenvalue weighted by Gasteiger charge is 2.41. The van der Waals surface area contributed by atoms with Gasteiger partial charge in [0.05, 0.1) is 5.56 Å². The van der Waals surface area contributed by atoms with Gasteiger partial charge in [-0.15, -0.1) is 0 Å². The molecule has 2 bridgehead atoms. The molecule has 4 heteroatoms. The number of rotatable bonds is 4. The molecule has 2 aliphatic rings. The number of amides is 1. The Kier molecular flexibility index (Phi) is 3.17. The summed E-state index contributed by atoms with van der Waals surface area (Å²) < 4.78 is 0. The van der Waals surface area contributed by atoms with E-state index in [0.29, 0.717) is 11.6 Å². The van der Waals surface area contributed by atoms with Crippen molar-refractivity contribution in [2.24, 2.45) is 23.5 Å². The molecule has 102 valence electrons. The summed E-state index contributed by atoms with van der Waals surface area (Å²) in [4.78, 5) is 15.3. The fourth-order valence-corrected chi connectivity index (χ4v) is 3.87. The van der Waals surface area contributed by atoms with Gasteiger partial charge in [-0.2, -0.15) is 0 Å². The predicted molar refractivity (Wildman–Crippen MR) is 74.8 cm³/mol. The van der Waals surface area contributed by atoms with E-state index in [1.54, 1.807) is 6.07 Å². The van der Waals surface area contributed by atoms with Crippen LogP contribution in [-0.4, -0.2) is 16.9 Å². The smallest absolute Gasteiger partial charge is 0.250 e. The number of pyridine rings is 1. The van der Waals surface area contributed by atoms with Gasteiger partial charge in [-0.05, 0) is 56.1 Å². The zero-order valence-electron chi connectivity index (χ0n) is 11.3. The van der Waals surface area contributed by atoms with Gasteiger partial charge in [0.15, 0.2) is 0 Å². The van der Waals surface area contributed by atoms with Gasteiger partial charge < -0.3 is 11.1 Å². The quantitative estimate of drug-likeness (QED) is 0.872. The van der Waals surface area contributed by atoms with Crippen molar-refractivity contribution in [3.8, 4) is 0 Å². The van der Waals surface area contributed by atoms with E-state index in [2.05, 4.69) is 17.2 Å². The number of nitrogens with two attached hydrogens (primary N) is 1. The number of hydrogen-bond donors (Lipinski definition) is 2. The number of hydrogen-bond acceptors (Lipinski definition) is 3. The standard InChI is InChI=1S/C15H21N3O/c1-9(13-7-10-2-3-11(13)6-10)18-14-5-4-12(8-17-14)15(16)19/h4-5,8-11,13H,2-3,6-7H2,1H3,(H2,16,19)(H,17,18). The first-order chi connectivity index (χ1) is 9.13. The molecule has 0 aliphatic heterocycles. The minimum atomic E-state index is -0.430. The molecule has 4 unspecified atom stereocenters. The van der Waals surface area contributed by atoms with Gasteiger partial charge in [0.2, 0.25) is 5.91 Å². The van der Waals surface area contributed by atoms with E-state index in [9.17, 15) is 4.79 Å². The van der Waals surface area contributed by atoms with Crippen LogP contribution in [-0.2, 0) is 0 Å². The number of nitrogens with one attached hydrogen (secondary N) is 1. The lowest BCUT2D eigenvalue weighted by atomic mass is 9.84. The molecule has 3 rings (SSSR count). The number of primary amides is 1. The molecule has 3 N–H and O–H groups in total. The molecule has 2 fully saturated rings. The molecule has 1 aromatic heterocycles. The maximum absolute atomic E-state index is 11.0. The Labute approximate surface area is 113 Å². The summed E-state index contributed by atoms with van der Waals surface area (Å²) in [5.74, 6) is 3.04. The third-order valence-electron chi connectivity index (χ3n) is 4.86. The average Bonchev–Trinajstić information content (AvgIpc) is 3.01. The molecule has 1 heterocycles. The Bertz CT molecular complexity index is 471. The van der Waals surface area contributed by atoms with Crippen molar-refractivity contribution < 1.29 is 4.79 Å². The lowest BCUT2D eigenvalue weighted by Gasteiger charge is -2.28. The van der Waals surface area contributed by atoms with Gasteiger partial charge >= 0.3 is 0 Å². The highest BCUT2D eigenvalue weighted by molar-refractivity contribution is 5.92. The first kappa shape index (κ1) is 12.5. The van der Waals surface area contributed by atoms with E-state index in [1.807, 2.05) is 6.07 Å². The fourth-order valence-electron chi connectivity index (χ4n) is 3.87. The van der Waals surface area contributed by atoms with E-state index in [-0.39, 0.29) is 0 Å². The zero-order valence-corrected chi connectivity index (χ0v) is 11.3. The molecular formula is C15H21N3O. The first-order valence-electron chi connectivity index (χ1n) is 7.16. The lowest BCUT2D eigenvalue weighted by Crippen LogP contribution is -2.30. The molecule has 1 amide bonds. The Morgan fingerprint density at radius 1 is 1.42 bits per heavy atom. The van der Waals surface area contributed by atoms with Crippen LogP contribution in [0.3, 0.4) is 0 Å². The van der Waals surface area contributed by atoms with Gasteiger partial charge in [0, 0.05) is 12.2 Å². The Morgan fingerprint density at radius 2 is 2.26 bits per heavy atom. The van der Waals surface area contributed by atoms with Crippen LogP contribution < -0.4 is 11.1 Å². The van der Waals surface area contributed by atoms with Crippen molar-refractivity contribution in [1.82, 2.24) is 4.98 Å². The average molecular weight is 259 g/mol. The summed E-state index contributed by atoms with van der Waals surface area (Å²) >= 11 is 0. The zero-order chi connectivity index (χ0) is 13.4. The van der Waals surface area contributed by atoms with Crippen molar-refractivity contribution in [2.45, 2.75) is 38.6 Å². The molecule has 0 radical (unpaired) electrons. The Hall–Kier alpha value is -1.58. The second kappa shape index (κ2) is 4.83. The number of anilines is 1. The second-order valence-electron chi connectivity index (χ2n) is 6.07. The van der Waals surface area contributed by atoms with Crippen LogP contribution in [0.25, 0.3) is 0 Å². The van der Waals surface area contributed by atoms with Crippen LogP contribution in [0.2, 0.25) is 0 Å². The van der Waals surface area contributed by atoms with Crippen LogP contribution >= 0.6 is 0 Å². The minimum Gasteiger partial charge on any atom is -0.367 e. The van der Waals surface area contributed by atoms with Gasteiger partial charge in [0.25, 0.3) is 0 Å². The molecule has 2 aliphatic carbocycles. The van der Waals surface area contributed by atoms with Gasteiger partial charge in [-0.1, -0.05) is 6.42 Å². The van der Waals surface area contributed by atoms with E-state index in [1.165, 1.54) is 31.9 Å². The van der Waals surface area contributed by atoms with E-state index in [0.717, 1.165) is 23.6 Å². The van der Waals surface area contributed by atoms with E-state index < -0.39 is 5.91 Å². The van der Waals surface area contributed by atoms with Crippen LogP contribution in [0, 0.1) is 17.8 Å². The number of carbonyl (C=O) groups is 1. The van der Waals surface area contributed by atoms with Crippen LogP contribution in [0.1, 0.15) is 43.0 Å². The van der Waals surface area contributed by atoms with Crippen molar-refractivity contribution in [3.63, 3.8) is 0 Å². The molecule has 0 saturated heterocycles. The summed E-state index contributed by atoms with van der Waals surface area (Å²) in [6, 6.07) is 4.01. The molecule has 0 aromatic carbocycles. The molecule has 4 nitrogen and oxygen atoms in total. The first-order valence-corrected chi connectivity index (χ1v) is 7.16. The third-order valence-corrected chi connectivity index (χ3v) is 4.86. The van der Waals surface area contributed by atoms with Crippen molar-refractivity contribution in [1.29, 1.82) is 0 Å². The summed E-state index contributed by atoms with van der Waals surface area (Å²) in [6.45, 7) is 2.25. The van der Waals surface area contributed by atoms with Crippen LogP contribution in [0.4, 0.5) is 5.82 Å². The van der Waals surface area contributed by atoms with E-state index >= 15 is 0 Å². The second-order valence-corrected chi connectivity index (χ2v) is 6.07. The number of fused-ring (bicyclic) bond motifs is 2. The SMILES string of the molecule is CC(Nc1ccc(C(N)=O)cn1)C1CC2CCC1C2. The summed E-state index contributed by atoms with van der Waals surface area (Å²) in [5, 5.41) is 3.47. The van der Waals surface area contributed by atoms with E-state index in [4.69, 9.17) is 5.73 Å². The predicted octanol–water partition coefficient (Wildman–Crippen LogP) is 2.42. The number of carbonyl (C=O) groups excluding carboxylic acids is 1. The summed E-state index contributed by atoms with van der Waals surface area (Å²) in [6.07, 6.45) is 7.15. The van der Waals surface area contributed by atoms with Crippen molar-refractivity contribution in [2.75, 3.05) is 5.32 Å². The van der Waals surface area contributed by atoms with Crippen LogP contribution in [0.15, 0.2) is 18.3 Å². The molecule has 2 saturated carbocycles. The fraction of sp³-hybridized carbons (Fsp3) is 0.600. The summed E-state index contributed by atoms with van der Waals surface area (Å²) in [7, 11) is 0. The molecular weight excluding hydrogens is 238 g/mol. The summed E-state index contributed by atoms with van der Waals surface area (Å²) in [5.41, 5.74) is 5.66. The molecule has 0 spiro atoms. The van der Waals surface area contributed by atoms with Gasteiger partial charge in [-0.25, -0.2) is 4.98 Å². The monoisotopic (exact) mass is 259 g/mol.